The topological polar surface area (TPSA) is 111 Å². The fraction of sp³-hybridized carbons (Fsp3) is 0.333. The molecule has 0 radical (unpaired) electrons. The van der Waals surface area contributed by atoms with Crippen molar-refractivity contribution >= 4 is 35.4 Å². The molecular weight excluding hydrogens is 376 g/mol. The first kappa shape index (κ1) is 20.4. The van der Waals surface area contributed by atoms with Crippen molar-refractivity contribution in [1.82, 2.24) is 10.6 Å². The van der Waals surface area contributed by atoms with Gasteiger partial charge in [0.1, 0.15) is 6.61 Å². The Balaban J connectivity index is 1.89. The molecule has 0 atom stereocenters. The number of nitrogens with one attached hydrogen (secondary N) is 2. The molecule has 1 aliphatic heterocycles. The predicted molar refractivity (Wildman–Crippen MR) is 96.2 cm³/mol. The molecule has 1 aliphatic rings. The minimum atomic E-state index is -0.624. The molecule has 8 nitrogen and oxygen atoms in total. The Hall–Kier alpha value is -2.87. The summed E-state index contributed by atoms with van der Waals surface area (Å²) in [5.41, 5.74) is 0.793. The van der Waals surface area contributed by atoms with Crippen molar-refractivity contribution in [3.63, 3.8) is 0 Å². The van der Waals surface area contributed by atoms with Crippen molar-refractivity contribution in [2.24, 2.45) is 0 Å². The average Bonchev–Trinajstić information content (AvgIpc) is 2.65. The van der Waals surface area contributed by atoms with Gasteiger partial charge in [-0.2, -0.15) is 0 Å². The van der Waals surface area contributed by atoms with Gasteiger partial charge in [-0.1, -0.05) is 11.6 Å². The summed E-state index contributed by atoms with van der Waals surface area (Å²) in [6.45, 7) is 1.52. The molecule has 0 saturated carbocycles. The number of Topliss-reactive ketones (excluding diaryl/α,β-unsaturated/α-hetero) is 1. The summed E-state index contributed by atoms with van der Waals surface area (Å²) in [5, 5.41) is 5.39. The maximum atomic E-state index is 12.0. The van der Waals surface area contributed by atoms with Gasteiger partial charge in [-0.3, -0.25) is 9.59 Å². The summed E-state index contributed by atoms with van der Waals surface area (Å²) in [6.07, 6.45) is -0.159. The van der Waals surface area contributed by atoms with Crippen molar-refractivity contribution in [3.8, 4) is 0 Å². The van der Waals surface area contributed by atoms with Gasteiger partial charge in [0.2, 0.25) is 0 Å². The summed E-state index contributed by atoms with van der Waals surface area (Å²) in [4.78, 5) is 47.3. The first-order valence-corrected chi connectivity index (χ1v) is 8.67. The maximum Gasteiger partial charge on any atom is 0.337 e. The molecule has 0 spiro atoms. The Kier molecular flexibility index (Phi) is 7.36. The Morgan fingerprint density at radius 2 is 1.81 bits per heavy atom. The van der Waals surface area contributed by atoms with Crippen LogP contribution >= 0.6 is 11.6 Å². The quantitative estimate of drug-likeness (QED) is 0.515. The van der Waals surface area contributed by atoms with Crippen LogP contribution < -0.4 is 10.6 Å². The van der Waals surface area contributed by atoms with E-state index in [1.54, 1.807) is 31.2 Å². The first-order chi connectivity index (χ1) is 12.9. The number of halogens is 1. The molecule has 1 heterocycles. The van der Waals surface area contributed by atoms with Crippen molar-refractivity contribution in [3.05, 3.63) is 46.1 Å². The molecule has 2 rings (SSSR count). The fourth-order valence-corrected chi connectivity index (χ4v) is 2.42. The molecule has 1 aromatic rings. The number of ketones is 1. The lowest BCUT2D eigenvalue weighted by Gasteiger charge is -2.21. The highest BCUT2D eigenvalue weighted by Gasteiger charge is 2.24. The molecule has 2 N–H and O–H groups in total. The van der Waals surface area contributed by atoms with Crippen LogP contribution in [0.1, 0.15) is 30.1 Å². The van der Waals surface area contributed by atoms with Gasteiger partial charge >= 0.3 is 18.0 Å². The molecule has 0 aliphatic carbocycles. The number of ether oxygens (including phenoxy) is 2. The number of benzene rings is 1. The van der Waals surface area contributed by atoms with Crippen molar-refractivity contribution < 1.29 is 28.7 Å². The maximum absolute atomic E-state index is 12.0. The largest absolute Gasteiger partial charge is 0.463 e. The van der Waals surface area contributed by atoms with Crippen LogP contribution in [-0.4, -0.2) is 43.5 Å². The van der Waals surface area contributed by atoms with E-state index in [2.05, 4.69) is 10.6 Å². The molecule has 0 unspecified atom stereocenters. The van der Waals surface area contributed by atoms with Crippen LogP contribution in [0.25, 0.3) is 0 Å². The third-order valence-electron chi connectivity index (χ3n) is 3.68. The summed E-state index contributed by atoms with van der Waals surface area (Å²) in [6, 6.07) is 5.84. The number of carbonyl (C=O) groups is 4. The summed E-state index contributed by atoms with van der Waals surface area (Å²) in [7, 11) is 0. The molecular formula is C18H19ClN2O6. The third kappa shape index (κ3) is 6.10. The monoisotopic (exact) mass is 394 g/mol. The molecule has 27 heavy (non-hydrogen) atoms. The third-order valence-corrected chi connectivity index (χ3v) is 3.93. The van der Waals surface area contributed by atoms with E-state index >= 15 is 0 Å². The molecule has 1 aromatic carbocycles. The van der Waals surface area contributed by atoms with Crippen LogP contribution in [0.15, 0.2) is 35.5 Å². The Labute approximate surface area is 160 Å². The van der Waals surface area contributed by atoms with Crippen LogP contribution in [0.5, 0.6) is 0 Å². The van der Waals surface area contributed by atoms with Crippen LogP contribution in [0.2, 0.25) is 5.02 Å². The second-order valence-electron chi connectivity index (χ2n) is 5.58. The SMILES string of the molecule is CCOC(=O)C1=C(COC(=O)CCC(=O)c2ccc(Cl)cc2)NC(=O)NC1. The molecule has 9 heteroatoms. The molecule has 0 aromatic heterocycles. The second-order valence-corrected chi connectivity index (χ2v) is 6.01. The standard InChI is InChI=1S/C18H19ClN2O6/c1-2-26-17(24)13-9-20-18(25)21-14(13)10-27-16(23)8-7-15(22)11-3-5-12(19)6-4-11/h3-6H,2,7-10H2,1H3,(H2,20,21,25). The van der Waals surface area contributed by atoms with E-state index in [0.717, 1.165) is 0 Å². The first-order valence-electron chi connectivity index (χ1n) is 8.29. The van der Waals surface area contributed by atoms with Gasteiger partial charge in [0.15, 0.2) is 5.78 Å². The lowest BCUT2D eigenvalue weighted by Crippen LogP contribution is -2.45. The van der Waals surface area contributed by atoms with E-state index in [0.29, 0.717) is 10.6 Å². The zero-order chi connectivity index (χ0) is 19.8. The van der Waals surface area contributed by atoms with E-state index in [1.165, 1.54) is 0 Å². The normalized spacial score (nSPS) is 13.5. The number of rotatable bonds is 8. The number of carbonyl (C=O) groups excluding carboxylic acids is 4. The molecule has 0 saturated heterocycles. The minimum absolute atomic E-state index is 0.0212. The highest BCUT2D eigenvalue weighted by atomic mass is 35.5. The number of amides is 2. The van der Waals surface area contributed by atoms with E-state index in [1.807, 2.05) is 0 Å². The van der Waals surface area contributed by atoms with Gasteiger partial charge < -0.3 is 20.1 Å². The van der Waals surface area contributed by atoms with Crippen LogP contribution in [0.3, 0.4) is 0 Å². The number of hydrogen-bond donors (Lipinski definition) is 2. The zero-order valence-corrected chi connectivity index (χ0v) is 15.4. The van der Waals surface area contributed by atoms with Crippen LogP contribution in [0, 0.1) is 0 Å². The van der Waals surface area contributed by atoms with Gasteiger partial charge in [0.05, 0.1) is 30.8 Å². The number of hydrogen-bond acceptors (Lipinski definition) is 6. The van der Waals surface area contributed by atoms with E-state index in [9.17, 15) is 19.2 Å². The fourth-order valence-electron chi connectivity index (χ4n) is 2.29. The zero-order valence-electron chi connectivity index (χ0n) is 14.7. The lowest BCUT2D eigenvalue weighted by molar-refractivity contribution is -0.143. The van der Waals surface area contributed by atoms with E-state index in [-0.39, 0.29) is 49.7 Å². The van der Waals surface area contributed by atoms with Crippen molar-refractivity contribution in [2.45, 2.75) is 19.8 Å². The van der Waals surface area contributed by atoms with Gasteiger partial charge in [0, 0.05) is 17.0 Å². The minimum Gasteiger partial charge on any atom is -0.463 e. The highest BCUT2D eigenvalue weighted by Crippen LogP contribution is 2.13. The highest BCUT2D eigenvalue weighted by molar-refractivity contribution is 6.30. The second kappa shape index (κ2) is 9.72. The molecule has 144 valence electrons. The molecule has 2 amide bonds. The van der Waals surface area contributed by atoms with Gasteiger partial charge in [0.25, 0.3) is 0 Å². The van der Waals surface area contributed by atoms with Gasteiger partial charge in [-0.15, -0.1) is 0 Å². The smallest absolute Gasteiger partial charge is 0.337 e. The summed E-state index contributed by atoms with van der Waals surface area (Å²) in [5.74, 6) is -1.44. The Morgan fingerprint density at radius 3 is 2.48 bits per heavy atom. The molecule has 0 bridgehead atoms. The average molecular weight is 395 g/mol. The Bertz CT molecular complexity index is 773. The van der Waals surface area contributed by atoms with Crippen molar-refractivity contribution in [1.29, 1.82) is 0 Å². The molecule has 0 fully saturated rings. The van der Waals surface area contributed by atoms with Gasteiger partial charge in [-0.05, 0) is 31.2 Å². The summed E-state index contributed by atoms with van der Waals surface area (Å²) < 4.78 is 9.98. The van der Waals surface area contributed by atoms with Gasteiger partial charge in [-0.25, -0.2) is 9.59 Å². The summed E-state index contributed by atoms with van der Waals surface area (Å²) >= 11 is 5.77. The number of urea groups is 1. The van der Waals surface area contributed by atoms with Crippen LogP contribution in [-0.2, 0) is 19.1 Å². The number of esters is 2. The predicted octanol–water partition coefficient (Wildman–Crippen LogP) is 1.98. The van der Waals surface area contributed by atoms with Crippen LogP contribution in [0.4, 0.5) is 4.79 Å². The lowest BCUT2D eigenvalue weighted by atomic mass is 10.1. The van der Waals surface area contributed by atoms with E-state index < -0.39 is 18.0 Å². The van der Waals surface area contributed by atoms with E-state index in [4.69, 9.17) is 21.1 Å². The Morgan fingerprint density at radius 1 is 1.11 bits per heavy atom. The van der Waals surface area contributed by atoms with Crippen molar-refractivity contribution in [2.75, 3.05) is 19.8 Å².